The van der Waals surface area contributed by atoms with E-state index >= 15 is 0 Å². The molecule has 3 heteroatoms. The number of nitrogens with zero attached hydrogens (tertiary/aromatic N) is 1. The van der Waals surface area contributed by atoms with Crippen molar-refractivity contribution in [1.82, 2.24) is 4.98 Å². The Bertz CT molecular complexity index is 1050. The fraction of sp³-hybridized carbons (Fsp3) is 0.333. The highest BCUT2D eigenvalue weighted by atomic mass is 16.4. The maximum Gasteiger partial charge on any atom is 0.0730 e. The number of carbonyl (C=O) groups excluding carboxylic acids is 1. The van der Waals surface area contributed by atoms with E-state index in [1.165, 1.54) is 40.9 Å². The van der Waals surface area contributed by atoms with E-state index in [1.54, 1.807) is 12.1 Å². The first-order chi connectivity index (χ1) is 12.7. The average molecular weight is 358 g/mol. The van der Waals surface area contributed by atoms with E-state index in [4.69, 9.17) is 0 Å². The van der Waals surface area contributed by atoms with Crippen LogP contribution < -0.4 is 5.11 Å². The highest BCUT2D eigenvalue weighted by Crippen LogP contribution is 2.47. The van der Waals surface area contributed by atoms with Crippen molar-refractivity contribution < 1.29 is 9.90 Å². The van der Waals surface area contributed by atoms with Crippen molar-refractivity contribution in [2.75, 3.05) is 0 Å². The minimum Gasteiger partial charge on any atom is -0.545 e. The van der Waals surface area contributed by atoms with Crippen molar-refractivity contribution in [3.05, 3.63) is 65.4 Å². The number of pyridine rings is 1. The predicted octanol–water partition coefficient (Wildman–Crippen LogP) is 4.61. The van der Waals surface area contributed by atoms with Crippen molar-refractivity contribution in [3.63, 3.8) is 0 Å². The van der Waals surface area contributed by atoms with Gasteiger partial charge in [-0.25, -0.2) is 0 Å². The van der Waals surface area contributed by atoms with Gasteiger partial charge in [-0.3, -0.25) is 4.98 Å². The number of hydrogen-bond acceptors (Lipinski definition) is 3. The van der Waals surface area contributed by atoms with Crippen LogP contribution in [-0.2, 0) is 10.8 Å². The molecule has 0 saturated heterocycles. The maximum atomic E-state index is 10.9. The molecule has 0 spiro atoms. The third-order valence-electron chi connectivity index (χ3n) is 6.10. The third-order valence-corrected chi connectivity index (χ3v) is 6.10. The molecule has 0 fully saturated rings. The molecule has 1 aromatic heterocycles. The van der Waals surface area contributed by atoms with E-state index in [9.17, 15) is 9.90 Å². The summed E-state index contributed by atoms with van der Waals surface area (Å²) in [5, 5.41) is 13.4. The van der Waals surface area contributed by atoms with Crippen molar-refractivity contribution in [3.8, 4) is 11.3 Å². The molecule has 1 aliphatic carbocycles. The predicted molar refractivity (Wildman–Crippen MR) is 107 cm³/mol. The summed E-state index contributed by atoms with van der Waals surface area (Å²) in [6.45, 7) is 9.34. The molecular weight excluding hydrogens is 334 g/mol. The molecule has 3 aromatic rings. The Morgan fingerprint density at radius 1 is 0.889 bits per heavy atom. The van der Waals surface area contributed by atoms with E-state index in [0.717, 1.165) is 11.3 Å². The fourth-order valence-corrected chi connectivity index (χ4v) is 4.16. The first-order valence-electron chi connectivity index (χ1n) is 9.44. The van der Waals surface area contributed by atoms with E-state index in [2.05, 4.69) is 63.0 Å². The fourth-order valence-electron chi connectivity index (χ4n) is 4.16. The van der Waals surface area contributed by atoms with Gasteiger partial charge in [0.2, 0.25) is 0 Å². The van der Waals surface area contributed by atoms with Gasteiger partial charge in [0.15, 0.2) is 0 Å². The highest BCUT2D eigenvalue weighted by molar-refractivity contribution is 5.89. The lowest BCUT2D eigenvalue weighted by Gasteiger charge is -2.42. The monoisotopic (exact) mass is 358 g/mol. The normalized spacial score (nSPS) is 17.5. The summed E-state index contributed by atoms with van der Waals surface area (Å²) in [6, 6.07) is 14.3. The maximum absolute atomic E-state index is 10.9. The Morgan fingerprint density at radius 3 is 2.07 bits per heavy atom. The molecule has 0 radical (unpaired) electrons. The summed E-state index contributed by atoms with van der Waals surface area (Å²) in [4.78, 5) is 15.2. The lowest BCUT2D eigenvalue weighted by atomic mass is 9.63. The zero-order valence-electron chi connectivity index (χ0n) is 16.3. The molecule has 2 aromatic carbocycles. The van der Waals surface area contributed by atoms with Gasteiger partial charge < -0.3 is 9.90 Å². The van der Waals surface area contributed by atoms with E-state index in [-0.39, 0.29) is 16.4 Å². The molecule has 138 valence electrons. The summed E-state index contributed by atoms with van der Waals surface area (Å²) in [6.07, 6.45) is 3.74. The number of benzene rings is 2. The largest absolute Gasteiger partial charge is 0.545 e. The Kier molecular flexibility index (Phi) is 3.88. The summed E-state index contributed by atoms with van der Waals surface area (Å²) in [5.41, 5.74) is 5.10. The van der Waals surface area contributed by atoms with Crippen LogP contribution in [0.25, 0.3) is 22.0 Å². The van der Waals surface area contributed by atoms with Crippen molar-refractivity contribution in [2.45, 2.75) is 51.4 Å². The minimum atomic E-state index is -1.20. The average Bonchev–Trinajstić information content (AvgIpc) is 2.64. The molecule has 3 nitrogen and oxygen atoms in total. The van der Waals surface area contributed by atoms with E-state index in [1.807, 2.05) is 0 Å². The van der Waals surface area contributed by atoms with Crippen molar-refractivity contribution in [2.24, 2.45) is 0 Å². The van der Waals surface area contributed by atoms with Crippen LogP contribution in [0.1, 0.15) is 62.0 Å². The number of aromatic carboxylic acids is 1. The summed E-state index contributed by atoms with van der Waals surface area (Å²) in [7, 11) is 0. The summed E-state index contributed by atoms with van der Waals surface area (Å²) >= 11 is 0. The number of carbonyl (C=O) groups is 1. The van der Waals surface area contributed by atoms with Crippen LogP contribution in [-0.4, -0.2) is 11.0 Å². The van der Waals surface area contributed by atoms with Gasteiger partial charge >= 0.3 is 0 Å². The Hall–Kier alpha value is -2.68. The molecular formula is C24H24NO2-. The topological polar surface area (TPSA) is 53.0 Å². The standard InChI is InChI=1S/C24H25NO2/c1-23(2)9-10-24(3,4)20-13-18-11-16(6-5-15(18)12-19(20)23)21-8-7-17(14-25-21)22(26)27/h5-8,11-14H,9-10H2,1-4H3,(H,26,27)/p-1. The highest BCUT2D eigenvalue weighted by Gasteiger charge is 2.37. The zero-order chi connectivity index (χ0) is 19.4. The van der Waals surface area contributed by atoms with E-state index in [0.29, 0.717) is 0 Å². The van der Waals surface area contributed by atoms with Crippen LogP contribution in [0.15, 0.2) is 48.7 Å². The summed E-state index contributed by atoms with van der Waals surface area (Å²) < 4.78 is 0. The number of carboxylic acids is 1. The van der Waals surface area contributed by atoms with Gasteiger partial charge in [0.1, 0.15) is 0 Å². The number of aromatic nitrogens is 1. The van der Waals surface area contributed by atoms with E-state index < -0.39 is 5.97 Å². The molecule has 4 rings (SSSR count). The molecule has 0 unspecified atom stereocenters. The van der Waals surface area contributed by atoms with Crippen LogP contribution in [0, 0.1) is 0 Å². The SMILES string of the molecule is CC1(C)CCC(C)(C)c2cc3cc(-c4ccc(C(=O)[O-])cn4)ccc3cc21. The molecule has 1 aliphatic rings. The number of rotatable bonds is 2. The van der Waals surface area contributed by atoms with Gasteiger partial charge in [0, 0.05) is 17.3 Å². The number of fused-ring (bicyclic) bond motifs is 2. The van der Waals surface area contributed by atoms with Gasteiger partial charge in [-0.2, -0.15) is 0 Å². The van der Waals surface area contributed by atoms with Crippen LogP contribution >= 0.6 is 0 Å². The van der Waals surface area contributed by atoms with Crippen LogP contribution in [0.4, 0.5) is 0 Å². The van der Waals surface area contributed by atoms with Gasteiger partial charge in [-0.1, -0.05) is 52.0 Å². The molecule has 0 bridgehead atoms. The second kappa shape index (κ2) is 5.91. The molecule has 0 saturated carbocycles. The zero-order valence-corrected chi connectivity index (χ0v) is 16.3. The van der Waals surface area contributed by atoms with Crippen LogP contribution in [0.5, 0.6) is 0 Å². The lowest BCUT2D eigenvalue weighted by Crippen LogP contribution is -2.33. The van der Waals surface area contributed by atoms with Crippen LogP contribution in [0.3, 0.4) is 0 Å². The third kappa shape index (κ3) is 3.01. The van der Waals surface area contributed by atoms with Gasteiger partial charge in [-0.15, -0.1) is 0 Å². The van der Waals surface area contributed by atoms with Gasteiger partial charge in [-0.05, 0) is 63.8 Å². The first kappa shape index (κ1) is 17.7. The van der Waals surface area contributed by atoms with Gasteiger partial charge in [0.25, 0.3) is 0 Å². The second-order valence-electron chi connectivity index (χ2n) is 8.95. The Morgan fingerprint density at radius 2 is 1.52 bits per heavy atom. The smallest absolute Gasteiger partial charge is 0.0730 e. The minimum absolute atomic E-state index is 0.0950. The molecule has 0 atom stereocenters. The first-order valence-corrected chi connectivity index (χ1v) is 9.44. The van der Waals surface area contributed by atoms with Crippen LogP contribution in [0.2, 0.25) is 0 Å². The number of carboxylic acid groups (broad SMARTS) is 1. The molecule has 1 heterocycles. The quantitative estimate of drug-likeness (QED) is 0.672. The van der Waals surface area contributed by atoms with Crippen molar-refractivity contribution >= 4 is 16.7 Å². The number of hydrogen-bond donors (Lipinski definition) is 0. The lowest BCUT2D eigenvalue weighted by molar-refractivity contribution is -0.255. The Labute approximate surface area is 160 Å². The molecule has 0 aliphatic heterocycles. The summed E-state index contributed by atoms with van der Waals surface area (Å²) in [5.74, 6) is -1.20. The Balaban J connectivity index is 1.85. The molecule has 0 N–H and O–H groups in total. The second-order valence-corrected chi connectivity index (χ2v) is 8.95. The molecule has 0 amide bonds. The van der Waals surface area contributed by atoms with Crippen molar-refractivity contribution in [1.29, 1.82) is 0 Å². The molecule has 27 heavy (non-hydrogen) atoms. The van der Waals surface area contributed by atoms with Gasteiger partial charge in [0.05, 0.1) is 11.7 Å².